The Balaban J connectivity index is 2.11. The van der Waals surface area contributed by atoms with E-state index in [0.717, 1.165) is 11.4 Å². The molecule has 0 fully saturated rings. The van der Waals surface area contributed by atoms with Crippen LogP contribution >= 0.6 is 11.3 Å². The van der Waals surface area contributed by atoms with Crippen LogP contribution in [0.2, 0.25) is 0 Å². The Morgan fingerprint density at radius 2 is 2.39 bits per heavy atom. The fraction of sp³-hybridized carbons (Fsp3) is 0.231. The molecule has 94 valence electrons. The van der Waals surface area contributed by atoms with E-state index >= 15 is 0 Å². The first-order chi connectivity index (χ1) is 8.70. The number of amides is 1. The van der Waals surface area contributed by atoms with Gasteiger partial charge in [-0.2, -0.15) is 0 Å². The van der Waals surface area contributed by atoms with Gasteiger partial charge in [-0.3, -0.25) is 4.79 Å². The number of nitrogens with zero attached hydrogens (tertiary/aromatic N) is 1. The standard InChI is InChI=1S/C13H14N2O2S/c1-2-11(13-14-6-7-18-13)15-12(17)9-4-3-5-10(16)8-9/h3-8,11,16H,2H2,1H3,(H,15,17). The minimum Gasteiger partial charge on any atom is -0.508 e. The van der Waals surface area contributed by atoms with Crippen molar-refractivity contribution in [3.05, 3.63) is 46.4 Å². The molecule has 2 N–H and O–H groups in total. The van der Waals surface area contributed by atoms with Crippen LogP contribution in [-0.2, 0) is 0 Å². The van der Waals surface area contributed by atoms with Crippen LogP contribution < -0.4 is 5.32 Å². The van der Waals surface area contributed by atoms with Crippen LogP contribution in [0.4, 0.5) is 0 Å². The third kappa shape index (κ3) is 2.87. The zero-order valence-corrected chi connectivity index (χ0v) is 10.8. The van der Waals surface area contributed by atoms with E-state index in [0.29, 0.717) is 5.56 Å². The second-order valence-corrected chi connectivity index (χ2v) is 4.78. The second kappa shape index (κ2) is 5.64. The van der Waals surface area contributed by atoms with Gasteiger partial charge in [-0.1, -0.05) is 13.0 Å². The van der Waals surface area contributed by atoms with Gasteiger partial charge in [0.2, 0.25) is 0 Å². The Morgan fingerprint density at radius 1 is 1.56 bits per heavy atom. The summed E-state index contributed by atoms with van der Waals surface area (Å²) in [5, 5.41) is 15.0. The second-order valence-electron chi connectivity index (χ2n) is 3.85. The topological polar surface area (TPSA) is 62.2 Å². The Bertz CT molecular complexity index is 526. The molecular formula is C13H14N2O2S. The molecule has 0 aliphatic rings. The maximum atomic E-state index is 12.0. The molecule has 18 heavy (non-hydrogen) atoms. The number of phenols is 1. The number of hydrogen-bond acceptors (Lipinski definition) is 4. The lowest BCUT2D eigenvalue weighted by Crippen LogP contribution is -2.28. The van der Waals surface area contributed by atoms with E-state index in [1.807, 2.05) is 12.3 Å². The highest BCUT2D eigenvalue weighted by molar-refractivity contribution is 7.09. The summed E-state index contributed by atoms with van der Waals surface area (Å²) in [6.45, 7) is 1.99. The smallest absolute Gasteiger partial charge is 0.251 e. The van der Waals surface area contributed by atoms with Crippen molar-refractivity contribution in [2.45, 2.75) is 19.4 Å². The van der Waals surface area contributed by atoms with E-state index in [-0.39, 0.29) is 17.7 Å². The first kappa shape index (κ1) is 12.6. The summed E-state index contributed by atoms with van der Waals surface area (Å²) >= 11 is 1.52. The third-order valence-corrected chi connectivity index (χ3v) is 3.46. The van der Waals surface area contributed by atoms with Crippen molar-refractivity contribution in [1.82, 2.24) is 10.3 Å². The van der Waals surface area contributed by atoms with Crippen LogP contribution in [0.25, 0.3) is 0 Å². The zero-order chi connectivity index (χ0) is 13.0. The minimum atomic E-state index is -0.201. The highest BCUT2D eigenvalue weighted by Crippen LogP contribution is 2.20. The molecule has 0 saturated carbocycles. The number of phenolic OH excluding ortho intramolecular Hbond substituents is 1. The minimum absolute atomic E-state index is 0.0835. The van der Waals surface area contributed by atoms with Crippen LogP contribution in [0.5, 0.6) is 5.75 Å². The molecule has 1 unspecified atom stereocenters. The average molecular weight is 262 g/mol. The SMILES string of the molecule is CCC(NC(=O)c1cccc(O)c1)c1nccs1. The molecule has 1 amide bonds. The Kier molecular flexibility index (Phi) is 3.94. The number of benzene rings is 1. The lowest BCUT2D eigenvalue weighted by molar-refractivity contribution is 0.0935. The molecule has 2 aromatic rings. The molecule has 2 rings (SSSR count). The number of nitrogens with one attached hydrogen (secondary N) is 1. The predicted molar refractivity (Wildman–Crippen MR) is 70.7 cm³/mol. The van der Waals surface area contributed by atoms with Gasteiger partial charge in [0.05, 0.1) is 6.04 Å². The number of hydrogen-bond donors (Lipinski definition) is 2. The van der Waals surface area contributed by atoms with Crippen LogP contribution in [0.15, 0.2) is 35.8 Å². The molecule has 1 atom stereocenters. The molecular weight excluding hydrogens is 248 g/mol. The van der Waals surface area contributed by atoms with Gasteiger partial charge in [0.25, 0.3) is 5.91 Å². The van der Waals surface area contributed by atoms with Crippen LogP contribution in [0, 0.1) is 0 Å². The Labute approximate surface area is 109 Å². The van der Waals surface area contributed by atoms with Gasteiger partial charge < -0.3 is 10.4 Å². The van der Waals surface area contributed by atoms with E-state index in [4.69, 9.17) is 0 Å². The van der Waals surface area contributed by atoms with E-state index in [1.165, 1.54) is 23.5 Å². The van der Waals surface area contributed by atoms with E-state index < -0.39 is 0 Å². The summed E-state index contributed by atoms with van der Waals surface area (Å²) in [6.07, 6.45) is 2.50. The molecule has 5 heteroatoms. The van der Waals surface area contributed by atoms with Crippen molar-refractivity contribution < 1.29 is 9.90 Å². The van der Waals surface area contributed by atoms with Gasteiger partial charge in [0, 0.05) is 17.1 Å². The van der Waals surface area contributed by atoms with Crippen molar-refractivity contribution in [2.24, 2.45) is 0 Å². The highest BCUT2D eigenvalue weighted by Gasteiger charge is 2.16. The molecule has 1 aromatic heterocycles. The largest absolute Gasteiger partial charge is 0.508 e. The summed E-state index contributed by atoms with van der Waals surface area (Å²) in [4.78, 5) is 16.2. The Hall–Kier alpha value is -1.88. The number of carbonyl (C=O) groups excluding carboxylic acids is 1. The van der Waals surface area contributed by atoms with Crippen molar-refractivity contribution in [1.29, 1.82) is 0 Å². The summed E-state index contributed by atoms with van der Waals surface area (Å²) in [5.74, 6) is -0.113. The van der Waals surface area contributed by atoms with Gasteiger partial charge in [-0.25, -0.2) is 4.98 Å². The number of aromatic hydroxyl groups is 1. The molecule has 0 aliphatic carbocycles. The van der Waals surface area contributed by atoms with Crippen molar-refractivity contribution in [3.8, 4) is 5.75 Å². The van der Waals surface area contributed by atoms with Crippen LogP contribution in [-0.4, -0.2) is 16.0 Å². The van der Waals surface area contributed by atoms with Crippen molar-refractivity contribution in [2.75, 3.05) is 0 Å². The molecule has 0 aliphatic heterocycles. The van der Waals surface area contributed by atoms with E-state index in [9.17, 15) is 9.90 Å². The van der Waals surface area contributed by atoms with Gasteiger partial charge in [0.1, 0.15) is 10.8 Å². The molecule has 1 aromatic carbocycles. The normalized spacial score (nSPS) is 12.1. The highest BCUT2D eigenvalue weighted by atomic mass is 32.1. The first-order valence-corrected chi connectivity index (χ1v) is 6.58. The maximum Gasteiger partial charge on any atom is 0.251 e. The average Bonchev–Trinajstić information content (AvgIpc) is 2.89. The third-order valence-electron chi connectivity index (χ3n) is 2.57. The first-order valence-electron chi connectivity index (χ1n) is 5.70. The number of rotatable bonds is 4. The fourth-order valence-corrected chi connectivity index (χ4v) is 2.41. The lowest BCUT2D eigenvalue weighted by Gasteiger charge is -2.14. The van der Waals surface area contributed by atoms with Gasteiger partial charge >= 0.3 is 0 Å². The summed E-state index contributed by atoms with van der Waals surface area (Å²) < 4.78 is 0. The molecule has 0 bridgehead atoms. The predicted octanol–water partition coefficient (Wildman–Crippen LogP) is 2.73. The molecule has 0 spiro atoms. The lowest BCUT2D eigenvalue weighted by atomic mass is 10.1. The van der Waals surface area contributed by atoms with Gasteiger partial charge in [0.15, 0.2) is 0 Å². The summed E-state index contributed by atoms with van der Waals surface area (Å²) in [6, 6.07) is 6.22. The summed E-state index contributed by atoms with van der Waals surface area (Å²) in [7, 11) is 0. The molecule has 1 heterocycles. The molecule has 4 nitrogen and oxygen atoms in total. The van der Waals surface area contributed by atoms with Crippen molar-refractivity contribution in [3.63, 3.8) is 0 Å². The molecule has 0 saturated heterocycles. The van der Waals surface area contributed by atoms with Gasteiger partial charge in [-0.15, -0.1) is 11.3 Å². The van der Waals surface area contributed by atoms with Crippen molar-refractivity contribution >= 4 is 17.2 Å². The maximum absolute atomic E-state index is 12.0. The fourth-order valence-electron chi connectivity index (χ4n) is 1.63. The monoisotopic (exact) mass is 262 g/mol. The van der Waals surface area contributed by atoms with Crippen LogP contribution in [0.1, 0.15) is 34.8 Å². The van der Waals surface area contributed by atoms with Crippen LogP contribution in [0.3, 0.4) is 0 Å². The number of carbonyl (C=O) groups is 1. The van der Waals surface area contributed by atoms with E-state index in [2.05, 4.69) is 10.3 Å². The van der Waals surface area contributed by atoms with E-state index in [1.54, 1.807) is 18.3 Å². The quantitative estimate of drug-likeness (QED) is 0.890. The van der Waals surface area contributed by atoms with Gasteiger partial charge in [-0.05, 0) is 24.6 Å². The number of aromatic nitrogens is 1. The summed E-state index contributed by atoms with van der Waals surface area (Å²) in [5.41, 5.74) is 0.449. The zero-order valence-electron chi connectivity index (χ0n) is 9.96. The number of thiazole rings is 1. The Morgan fingerprint density at radius 3 is 3.00 bits per heavy atom. The molecule has 0 radical (unpaired) electrons.